The molecule has 2 aromatic rings. The van der Waals surface area contributed by atoms with Crippen LogP contribution in [0.25, 0.3) is 5.69 Å². The number of pyridine rings is 1. The van der Waals surface area contributed by atoms with Crippen LogP contribution in [-0.2, 0) is 6.42 Å². The average Bonchev–Trinajstić information content (AvgIpc) is 2.28. The van der Waals surface area contributed by atoms with Crippen molar-refractivity contribution in [1.29, 1.82) is 0 Å². The van der Waals surface area contributed by atoms with Crippen LogP contribution in [-0.4, -0.2) is 0 Å². The van der Waals surface area contributed by atoms with E-state index >= 15 is 0 Å². The molecule has 0 aliphatic rings. The topological polar surface area (TPSA) is 3.88 Å². The molecule has 0 aliphatic carbocycles. The molecule has 2 rings (SSSR count). The molecule has 0 bridgehead atoms. The van der Waals surface area contributed by atoms with Crippen LogP contribution in [0.15, 0.2) is 36.4 Å². The highest BCUT2D eigenvalue weighted by atomic mass is 15.0. The number of para-hydroxylation sites is 1. The number of aryl methyl sites for hydroxylation is 4. The fourth-order valence-electron chi connectivity index (χ4n) is 2.52. The van der Waals surface area contributed by atoms with Gasteiger partial charge in [-0.15, -0.1) is 0 Å². The first-order valence-corrected chi connectivity index (χ1v) is 6.21. The van der Waals surface area contributed by atoms with Crippen molar-refractivity contribution in [1.82, 2.24) is 0 Å². The van der Waals surface area contributed by atoms with Crippen LogP contribution < -0.4 is 4.57 Å². The van der Waals surface area contributed by atoms with E-state index in [0.717, 1.165) is 6.42 Å². The SMILES string of the molecule is CCc1ccccc1-[n+]1c(C)cc(C)cc1C. The highest BCUT2D eigenvalue weighted by Crippen LogP contribution is 2.12. The van der Waals surface area contributed by atoms with Crippen molar-refractivity contribution in [3.8, 4) is 5.69 Å². The van der Waals surface area contributed by atoms with Crippen molar-refractivity contribution in [2.24, 2.45) is 0 Å². The van der Waals surface area contributed by atoms with Gasteiger partial charge in [0.1, 0.15) is 0 Å². The Hall–Kier alpha value is -1.63. The van der Waals surface area contributed by atoms with Gasteiger partial charge in [-0.25, -0.2) is 0 Å². The largest absolute Gasteiger partial charge is 0.214 e. The van der Waals surface area contributed by atoms with Crippen molar-refractivity contribution >= 4 is 0 Å². The van der Waals surface area contributed by atoms with Gasteiger partial charge < -0.3 is 0 Å². The molecule has 1 nitrogen and oxygen atoms in total. The van der Waals surface area contributed by atoms with Gasteiger partial charge in [0.05, 0.1) is 0 Å². The first-order chi connectivity index (χ1) is 8.13. The van der Waals surface area contributed by atoms with Crippen molar-refractivity contribution in [3.05, 3.63) is 58.9 Å². The minimum Gasteiger partial charge on any atom is -0.162 e. The Bertz CT molecular complexity index is 518. The molecular formula is C16H20N+. The summed E-state index contributed by atoms with van der Waals surface area (Å²) in [6, 6.07) is 13.1. The minimum absolute atomic E-state index is 1.07. The zero-order chi connectivity index (χ0) is 12.4. The van der Waals surface area contributed by atoms with Crippen LogP contribution in [0.3, 0.4) is 0 Å². The lowest BCUT2D eigenvalue weighted by Gasteiger charge is -2.08. The highest BCUT2D eigenvalue weighted by molar-refractivity contribution is 5.34. The summed E-state index contributed by atoms with van der Waals surface area (Å²) in [7, 11) is 0. The first-order valence-electron chi connectivity index (χ1n) is 6.21. The first kappa shape index (κ1) is 11.8. The van der Waals surface area contributed by atoms with Crippen LogP contribution in [0.4, 0.5) is 0 Å². The normalized spacial score (nSPS) is 10.6. The molecule has 1 aromatic heterocycles. The van der Waals surface area contributed by atoms with Gasteiger partial charge in [-0.2, -0.15) is 4.57 Å². The molecule has 0 radical (unpaired) electrons. The molecule has 0 saturated carbocycles. The van der Waals surface area contributed by atoms with Gasteiger partial charge in [-0.05, 0) is 18.9 Å². The number of benzene rings is 1. The van der Waals surface area contributed by atoms with E-state index in [1.807, 2.05) is 0 Å². The van der Waals surface area contributed by atoms with Gasteiger partial charge in [-0.3, -0.25) is 0 Å². The smallest absolute Gasteiger partial charge is 0.162 e. The van der Waals surface area contributed by atoms with Gasteiger partial charge in [-0.1, -0.05) is 25.1 Å². The Kier molecular flexibility index (Phi) is 3.28. The summed E-state index contributed by atoms with van der Waals surface area (Å²) >= 11 is 0. The van der Waals surface area contributed by atoms with E-state index in [-0.39, 0.29) is 0 Å². The quantitative estimate of drug-likeness (QED) is 0.691. The summed E-state index contributed by atoms with van der Waals surface area (Å²) in [6.45, 7) is 8.70. The molecule has 0 saturated heterocycles. The Morgan fingerprint density at radius 3 is 2.12 bits per heavy atom. The highest BCUT2D eigenvalue weighted by Gasteiger charge is 2.17. The fourth-order valence-corrected chi connectivity index (χ4v) is 2.52. The van der Waals surface area contributed by atoms with Gasteiger partial charge in [0.2, 0.25) is 5.69 Å². The van der Waals surface area contributed by atoms with Crippen molar-refractivity contribution < 1.29 is 4.57 Å². The number of hydrogen-bond donors (Lipinski definition) is 0. The van der Waals surface area contributed by atoms with E-state index in [1.54, 1.807) is 0 Å². The molecule has 1 heterocycles. The third kappa shape index (κ3) is 2.23. The van der Waals surface area contributed by atoms with Crippen LogP contribution in [0.1, 0.15) is 29.4 Å². The molecule has 88 valence electrons. The van der Waals surface area contributed by atoms with Crippen molar-refractivity contribution in [2.45, 2.75) is 34.1 Å². The van der Waals surface area contributed by atoms with E-state index in [9.17, 15) is 0 Å². The molecule has 0 atom stereocenters. The van der Waals surface area contributed by atoms with Gasteiger partial charge in [0, 0.05) is 37.6 Å². The molecule has 17 heavy (non-hydrogen) atoms. The van der Waals surface area contributed by atoms with E-state index < -0.39 is 0 Å². The second-order valence-electron chi connectivity index (χ2n) is 4.63. The summed E-state index contributed by atoms with van der Waals surface area (Å²) < 4.78 is 2.34. The molecule has 0 amide bonds. The summed E-state index contributed by atoms with van der Waals surface area (Å²) in [5.41, 5.74) is 6.62. The maximum absolute atomic E-state index is 2.34. The zero-order valence-electron chi connectivity index (χ0n) is 11.1. The Morgan fingerprint density at radius 1 is 0.941 bits per heavy atom. The molecule has 1 aromatic carbocycles. The molecule has 0 spiro atoms. The van der Waals surface area contributed by atoms with Gasteiger partial charge >= 0.3 is 0 Å². The zero-order valence-corrected chi connectivity index (χ0v) is 11.1. The van der Waals surface area contributed by atoms with E-state index in [1.165, 1.54) is 28.2 Å². The third-order valence-corrected chi connectivity index (χ3v) is 3.19. The molecular weight excluding hydrogens is 206 g/mol. The van der Waals surface area contributed by atoms with E-state index in [2.05, 4.69) is 68.7 Å². The lowest BCUT2D eigenvalue weighted by atomic mass is 10.1. The maximum Gasteiger partial charge on any atom is 0.214 e. The molecule has 1 heteroatoms. The summed E-state index contributed by atoms with van der Waals surface area (Å²) in [5.74, 6) is 0. The average molecular weight is 226 g/mol. The van der Waals surface area contributed by atoms with Crippen LogP contribution in [0.2, 0.25) is 0 Å². The number of rotatable bonds is 2. The van der Waals surface area contributed by atoms with Crippen LogP contribution in [0, 0.1) is 20.8 Å². The predicted octanol–water partition coefficient (Wildman–Crippen LogP) is 3.45. The fraction of sp³-hybridized carbons (Fsp3) is 0.312. The maximum atomic E-state index is 2.34. The summed E-state index contributed by atoms with van der Waals surface area (Å²) in [6.07, 6.45) is 1.07. The van der Waals surface area contributed by atoms with E-state index in [4.69, 9.17) is 0 Å². The Labute approximate surface area is 104 Å². The standard InChI is InChI=1S/C16H20N/c1-5-15-8-6-7-9-16(15)17-13(3)10-12(2)11-14(17)4/h6-11H,5H2,1-4H3/q+1. The van der Waals surface area contributed by atoms with Crippen LogP contribution >= 0.6 is 0 Å². The lowest BCUT2D eigenvalue weighted by molar-refractivity contribution is -0.610. The molecule has 0 aliphatic heterocycles. The predicted molar refractivity (Wildman–Crippen MR) is 71.6 cm³/mol. The van der Waals surface area contributed by atoms with Gasteiger partial charge in [0.15, 0.2) is 11.4 Å². The number of nitrogens with zero attached hydrogens (tertiary/aromatic N) is 1. The minimum atomic E-state index is 1.07. The second kappa shape index (κ2) is 4.70. The summed E-state index contributed by atoms with van der Waals surface area (Å²) in [4.78, 5) is 0. The number of hydrogen-bond acceptors (Lipinski definition) is 0. The molecule has 0 fully saturated rings. The second-order valence-corrected chi connectivity index (χ2v) is 4.63. The van der Waals surface area contributed by atoms with Crippen molar-refractivity contribution in [3.63, 3.8) is 0 Å². The van der Waals surface area contributed by atoms with Gasteiger partial charge in [0.25, 0.3) is 0 Å². The molecule has 0 unspecified atom stereocenters. The third-order valence-electron chi connectivity index (χ3n) is 3.19. The monoisotopic (exact) mass is 226 g/mol. The van der Waals surface area contributed by atoms with E-state index in [0.29, 0.717) is 0 Å². The number of aromatic nitrogens is 1. The Balaban J connectivity index is 2.68. The lowest BCUT2D eigenvalue weighted by Crippen LogP contribution is -2.38. The van der Waals surface area contributed by atoms with Crippen molar-refractivity contribution in [2.75, 3.05) is 0 Å². The Morgan fingerprint density at radius 2 is 1.53 bits per heavy atom. The molecule has 0 N–H and O–H groups in total. The summed E-state index contributed by atoms with van der Waals surface area (Å²) in [5, 5.41) is 0. The van der Waals surface area contributed by atoms with Crippen LogP contribution in [0.5, 0.6) is 0 Å².